The summed E-state index contributed by atoms with van der Waals surface area (Å²) in [5.74, 6) is -0.203. The zero-order valence-corrected chi connectivity index (χ0v) is 18.0. The molecule has 0 saturated carbocycles. The van der Waals surface area contributed by atoms with Crippen LogP contribution >= 0.6 is 11.6 Å². The van der Waals surface area contributed by atoms with Crippen molar-refractivity contribution >= 4 is 29.0 Å². The topological polar surface area (TPSA) is 67.6 Å². The minimum absolute atomic E-state index is 0.0259. The fraction of sp³-hybridized carbons (Fsp3) is 0.273. The number of benzene rings is 2. The minimum atomic E-state index is -0.615. The van der Waals surface area contributed by atoms with Gasteiger partial charge in [-0.15, -0.1) is 0 Å². The van der Waals surface area contributed by atoms with Gasteiger partial charge in [0.1, 0.15) is 5.02 Å². The Hall–Kier alpha value is -3.06. The highest BCUT2D eigenvalue weighted by Crippen LogP contribution is 2.25. The van der Waals surface area contributed by atoms with Gasteiger partial charge in [0.25, 0.3) is 6.01 Å². The third-order valence-electron chi connectivity index (χ3n) is 4.14. The summed E-state index contributed by atoms with van der Waals surface area (Å²) >= 11 is 6.07. The zero-order chi connectivity index (χ0) is 21.8. The Balaban J connectivity index is 1.73. The van der Waals surface area contributed by atoms with Crippen LogP contribution in [0.15, 0.2) is 51.7 Å². The van der Waals surface area contributed by atoms with E-state index in [4.69, 9.17) is 20.8 Å². The summed E-state index contributed by atoms with van der Waals surface area (Å²) in [6.45, 7) is 3.69. The lowest BCUT2D eigenvalue weighted by atomic mass is 10.1. The van der Waals surface area contributed by atoms with E-state index >= 15 is 0 Å². The SMILES string of the molecule is CC(C)Oc1ccc(Nc2ccc(Cc3nc(N(C)C)oc(=O)c3Cl)cc2)cc1F. The Kier molecular flexibility index (Phi) is 6.62. The van der Waals surface area contributed by atoms with Gasteiger partial charge in [0, 0.05) is 38.0 Å². The Morgan fingerprint density at radius 3 is 2.43 bits per heavy atom. The Morgan fingerprint density at radius 2 is 1.83 bits per heavy atom. The average Bonchev–Trinajstić information content (AvgIpc) is 2.68. The van der Waals surface area contributed by atoms with Gasteiger partial charge in [-0.2, -0.15) is 4.98 Å². The van der Waals surface area contributed by atoms with Crippen molar-refractivity contribution < 1.29 is 13.5 Å². The molecule has 8 heteroatoms. The summed E-state index contributed by atoms with van der Waals surface area (Å²) < 4.78 is 24.6. The van der Waals surface area contributed by atoms with Gasteiger partial charge in [-0.05, 0) is 43.7 Å². The second-order valence-corrected chi connectivity index (χ2v) is 7.63. The first-order chi connectivity index (χ1) is 14.2. The van der Waals surface area contributed by atoms with Crippen LogP contribution in [0.25, 0.3) is 0 Å². The molecule has 1 N–H and O–H groups in total. The standard InChI is InChI=1S/C22H23ClFN3O3/c1-13(2)29-19-10-9-16(12-17(19)24)25-15-7-5-14(6-8-15)11-18-20(23)21(28)30-22(26-18)27(3)4/h5-10,12-13,25H,11H2,1-4H3. The molecule has 0 aliphatic heterocycles. The van der Waals surface area contributed by atoms with Crippen molar-refractivity contribution in [1.29, 1.82) is 0 Å². The molecule has 3 aromatic rings. The number of nitrogens with zero attached hydrogens (tertiary/aromatic N) is 2. The smallest absolute Gasteiger partial charge is 0.359 e. The van der Waals surface area contributed by atoms with Crippen molar-refractivity contribution in [2.24, 2.45) is 0 Å². The van der Waals surface area contributed by atoms with Crippen LogP contribution in [-0.4, -0.2) is 25.2 Å². The summed E-state index contributed by atoms with van der Waals surface area (Å²) in [5.41, 5.74) is 2.14. The second-order valence-electron chi connectivity index (χ2n) is 7.25. The van der Waals surface area contributed by atoms with E-state index in [1.54, 1.807) is 31.1 Å². The second kappa shape index (κ2) is 9.17. The lowest BCUT2D eigenvalue weighted by Gasteiger charge is -2.13. The van der Waals surface area contributed by atoms with Gasteiger partial charge < -0.3 is 19.4 Å². The molecule has 6 nitrogen and oxygen atoms in total. The number of rotatable bonds is 7. The van der Waals surface area contributed by atoms with E-state index < -0.39 is 11.4 Å². The normalized spacial score (nSPS) is 10.9. The van der Waals surface area contributed by atoms with Crippen LogP contribution < -0.4 is 20.6 Å². The highest BCUT2D eigenvalue weighted by Gasteiger charge is 2.13. The summed E-state index contributed by atoms with van der Waals surface area (Å²) in [6.07, 6.45) is 0.278. The molecule has 158 valence electrons. The minimum Gasteiger partial charge on any atom is -0.488 e. The zero-order valence-electron chi connectivity index (χ0n) is 17.2. The highest BCUT2D eigenvalue weighted by molar-refractivity contribution is 6.31. The molecule has 0 spiro atoms. The van der Waals surface area contributed by atoms with E-state index in [1.807, 2.05) is 38.1 Å². The molecule has 0 atom stereocenters. The number of aromatic nitrogens is 1. The molecule has 1 aromatic heterocycles. The first-order valence-corrected chi connectivity index (χ1v) is 9.79. The molecule has 0 unspecified atom stereocenters. The molecule has 0 bridgehead atoms. The molecule has 0 radical (unpaired) electrons. The van der Waals surface area contributed by atoms with Gasteiger partial charge in [-0.25, -0.2) is 9.18 Å². The molecule has 1 heterocycles. The number of halogens is 2. The van der Waals surface area contributed by atoms with Crippen molar-refractivity contribution in [2.45, 2.75) is 26.4 Å². The largest absolute Gasteiger partial charge is 0.488 e. The fourth-order valence-electron chi connectivity index (χ4n) is 2.74. The maximum absolute atomic E-state index is 14.2. The van der Waals surface area contributed by atoms with Crippen molar-refractivity contribution in [2.75, 3.05) is 24.3 Å². The van der Waals surface area contributed by atoms with Crippen LogP contribution in [-0.2, 0) is 6.42 Å². The van der Waals surface area contributed by atoms with Crippen LogP contribution in [0.1, 0.15) is 25.1 Å². The number of hydrogen-bond donors (Lipinski definition) is 1. The molecular formula is C22H23ClFN3O3. The molecule has 0 saturated heterocycles. The summed E-state index contributed by atoms with van der Waals surface area (Å²) in [4.78, 5) is 17.8. The van der Waals surface area contributed by atoms with Gasteiger partial charge in [0.15, 0.2) is 11.6 Å². The molecule has 0 aliphatic carbocycles. The number of ether oxygens (including phenoxy) is 1. The van der Waals surface area contributed by atoms with Crippen molar-refractivity contribution in [3.8, 4) is 5.75 Å². The number of anilines is 3. The van der Waals surface area contributed by atoms with Gasteiger partial charge in [-0.1, -0.05) is 23.7 Å². The van der Waals surface area contributed by atoms with Crippen LogP contribution in [0.5, 0.6) is 5.75 Å². The van der Waals surface area contributed by atoms with E-state index in [0.29, 0.717) is 17.8 Å². The van der Waals surface area contributed by atoms with Crippen LogP contribution in [0.2, 0.25) is 5.02 Å². The first kappa shape index (κ1) is 21.6. The third-order valence-corrected chi connectivity index (χ3v) is 4.51. The molecule has 3 rings (SSSR count). The maximum Gasteiger partial charge on any atom is 0.359 e. The van der Waals surface area contributed by atoms with Crippen LogP contribution in [0, 0.1) is 5.82 Å². The van der Waals surface area contributed by atoms with E-state index in [-0.39, 0.29) is 22.9 Å². The van der Waals surface area contributed by atoms with Crippen LogP contribution in [0.4, 0.5) is 21.8 Å². The Labute approximate surface area is 179 Å². The molecule has 0 amide bonds. The van der Waals surface area contributed by atoms with Gasteiger partial charge >= 0.3 is 5.63 Å². The summed E-state index contributed by atoms with van der Waals surface area (Å²) in [5, 5.41) is 3.13. The first-order valence-electron chi connectivity index (χ1n) is 9.42. The van der Waals surface area contributed by atoms with Crippen molar-refractivity contribution in [3.05, 3.63) is 75.0 Å². The molecule has 2 aromatic carbocycles. The summed E-state index contributed by atoms with van der Waals surface area (Å²) in [6, 6.07) is 12.4. The monoisotopic (exact) mass is 431 g/mol. The van der Waals surface area contributed by atoms with Crippen molar-refractivity contribution in [1.82, 2.24) is 4.98 Å². The predicted molar refractivity (Wildman–Crippen MR) is 117 cm³/mol. The van der Waals surface area contributed by atoms with E-state index in [9.17, 15) is 9.18 Å². The van der Waals surface area contributed by atoms with E-state index in [1.165, 1.54) is 6.07 Å². The Bertz CT molecular complexity index is 1080. The lowest BCUT2D eigenvalue weighted by molar-refractivity contribution is 0.231. The predicted octanol–water partition coefficient (Wildman–Crippen LogP) is 5.01. The average molecular weight is 432 g/mol. The third kappa shape index (κ3) is 5.30. The van der Waals surface area contributed by atoms with Gasteiger partial charge in [0.05, 0.1) is 11.8 Å². The number of hydrogen-bond acceptors (Lipinski definition) is 6. The fourth-order valence-corrected chi connectivity index (χ4v) is 2.88. The van der Waals surface area contributed by atoms with Gasteiger partial charge in [-0.3, -0.25) is 0 Å². The molecular weight excluding hydrogens is 409 g/mol. The molecule has 30 heavy (non-hydrogen) atoms. The molecule has 0 fully saturated rings. The van der Waals surface area contributed by atoms with Crippen LogP contribution in [0.3, 0.4) is 0 Å². The number of nitrogens with one attached hydrogen (secondary N) is 1. The summed E-state index contributed by atoms with van der Waals surface area (Å²) in [7, 11) is 3.46. The van der Waals surface area contributed by atoms with E-state index in [0.717, 1.165) is 11.3 Å². The lowest BCUT2D eigenvalue weighted by Crippen LogP contribution is -2.16. The van der Waals surface area contributed by atoms with E-state index in [2.05, 4.69) is 10.3 Å². The highest BCUT2D eigenvalue weighted by atomic mass is 35.5. The maximum atomic E-state index is 14.2. The quantitative estimate of drug-likeness (QED) is 0.566. The van der Waals surface area contributed by atoms with Crippen molar-refractivity contribution in [3.63, 3.8) is 0 Å². The Morgan fingerprint density at radius 1 is 1.17 bits per heavy atom. The van der Waals surface area contributed by atoms with Gasteiger partial charge in [0.2, 0.25) is 0 Å². The molecule has 0 aliphatic rings.